The van der Waals surface area contributed by atoms with Crippen molar-refractivity contribution >= 4 is 23.0 Å². The molecule has 3 aliphatic rings. The molecule has 132 valence electrons. The fraction of sp³-hybridized carbons (Fsp3) is 0.391. The molecule has 0 saturated heterocycles. The molecule has 0 atom stereocenters. The number of hydrogen-bond acceptors (Lipinski definition) is 2. The van der Waals surface area contributed by atoms with Crippen molar-refractivity contribution in [3.8, 4) is 0 Å². The number of aryl methyl sites for hydroxylation is 1. The number of nitrogens with zero attached hydrogens (tertiary/aromatic N) is 3. The molecule has 1 aromatic carbocycles. The number of allylic oxidation sites excluding steroid dienone is 1. The molecule has 0 radical (unpaired) electrons. The van der Waals surface area contributed by atoms with Crippen LogP contribution in [0.5, 0.6) is 0 Å². The zero-order valence-corrected chi connectivity index (χ0v) is 15.7. The number of hydrogen-bond donors (Lipinski definition) is 0. The summed E-state index contributed by atoms with van der Waals surface area (Å²) in [5.41, 5.74) is 9.75. The van der Waals surface area contributed by atoms with Crippen molar-refractivity contribution in [3.63, 3.8) is 0 Å². The van der Waals surface area contributed by atoms with E-state index in [0.29, 0.717) is 0 Å². The number of aromatic nitrogens is 1. The van der Waals surface area contributed by atoms with Gasteiger partial charge in [-0.2, -0.15) is 0 Å². The van der Waals surface area contributed by atoms with Crippen molar-refractivity contribution in [3.05, 3.63) is 57.9 Å². The maximum Gasteiger partial charge on any atom is 0.135 e. The molecule has 0 N–H and O–H groups in total. The van der Waals surface area contributed by atoms with Gasteiger partial charge in [0.1, 0.15) is 5.49 Å². The Morgan fingerprint density at radius 1 is 1.27 bits per heavy atom. The van der Waals surface area contributed by atoms with Gasteiger partial charge < -0.3 is 4.57 Å². The lowest BCUT2D eigenvalue weighted by atomic mass is 9.98. The molecule has 2 aliphatic heterocycles. The van der Waals surface area contributed by atoms with Gasteiger partial charge in [-0.05, 0) is 67.9 Å². The lowest BCUT2D eigenvalue weighted by Crippen LogP contribution is -2.33. The van der Waals surface area contributed by atoms with Gasteiger partial charge in [0.25, 0.3) is 0 Å². The van der Waals surface area contributed by atoms with E-state index >= 15 is 0 Å². The Bertz CT molecular complexity index is 1080. The van der Waals surface area contributed by atoms with Crippen LogP contribution in [0.1, 0.15) is 48.6 Å². The average molecular weight is 343 g/mol. The second kappa shape index (κ2) is 5.80. The van der Waals surface area contributed by atoms with Crippen LogP contribution in [0.3, 0.4) is 0 Å². The van der Waals surface area contributed by atoms with Crippen molar-refractivity contribution in [1.82, 2.24) is 4.57 Å². The summed E-state index contributed by atoms with van der Waals surface area (Å²) in [5.74, 6) is 0.823. The number of rotatable bonds is 4. The maximum atomic E-state index is 5.06. The summed E-state index contributed by atoms with van der Waals surface area (Å²) < 4.78 is 2.45. The highest BCUT2D eigenvalue weighted by Gasteiger charge is 2.27. The minimum atomic E-state index is 0.823. The third kappa shape index (κ3) is 2.57. The van der Waals surface area contributed by atoms with E-state index in [1.165, 1.54) is 51.6 Å². The summed E-state index contributed by atoms with van der Waals surface area (Å²) in [4.78, 5) is 9.89. The third-order valence-corrected chi connectivity index (χ3v) is 5.83. The highest BCUT2D eigenvalue weighted by molar-refractivity contribution is 6.06. The van der Waals surface area contributed by atoms with Crippen molar-refractivity contribution in [1.29, 1.82) is 0 Å². The topological polar surface area (TPSA) is 29.6 Å². The van der Waals surface area contributed by atoms with Crippen LogP contribution in [0.25, 0.3) is 11.6 Å². The van der Waals surface area contributed by atoms with Gasteiger partial charge in [0.05, 0.1) is 17.1 Å². The summed E-state index contributed by atoms with van der Waals surface area (Å²) in [5, 5.41) is 1.30. The van der Waals surface area contributed by atoms with E-state index < -0.39 is 0 Å². The first-order chi connectivity index (χ1) is 12.6. The average Bonchev–Trinajstić information content (AvgIpc) is 3.21. The van der Waals surface area contributed by atoms with Gasteiger partial charge in [0, 0.05) is 24.7 Å². The Kier molecular flexibility index (Phi) is 3.53. The van der Waals surface area contributed by atoms with Crippen molar-refractivity contribution in [2.45, 2.75) is 46.1 Å². The fourth-order valence-electron chi connectivity index (χ4n) is 4.13. The molecule has 3 heteroatoms. The smallest absolute Gasteiger partial charge is 0.135 e. The van der Waals surface area contributed by atoms with Crippen LogP contribution in [-0.4, -0.2) is 16.8 Å². The molecule has 0 bridgehead atoms. The van der Waals surface area contributed by atoms with E-state index in [2.05, 4.69) is 49.3 Å². The van der Waals surface area contributed by atoms with Crippen LogP contribution < -0.4 is 10.7 Å². The molecule has 3 heterocycles. The van der Waals surface area contributed by atoms with E-state index in [1.807, 2.05) is 0 Å². The molecule has 3 nitrogen and oxygen atoms in total. The highest BCUT2D eigenvalue weighted by atomic mass is 15.1. The quantitative estimate of drug-likeness (QED) is 0.810. The first kappa shape index (κ1) is 15.8. The van der Waals surface area contributed by atoms with Gasteiger partial charge in [-0.25, -0.2) is 0 Å². The normalized spacial score (nSPS) is 17.8. The molecular weight excluding hydrogens is 318 g/mol. The number of aliphatic imine (C=N–C) groups is 1. The number of fused-ring (bicyclic) bond motifs is 2. The van der Waals surface area contributed by atoms with Crippen molar-refractivity contribution < 1.29 is 0 Å². The second-order valence-electron chi connectivity index (χ2n) is 8.04. The Morgan fingerprint density at radius 3 is 2.88 bits per heavy atom. The molecule has 0 amide bonds. The molecule has 1 fully saturated rings. The van der Waals surface area contributed by atoms with Gasteiger partial charge in [-0.3, -0.25) is 9.98 Å². The first-order valence-electron chi connectivity index (χ1n) is 9.71. The van der Waals surface area contributed by atoms with Crippen molar-refractivity contribution in [2.75, 3.05) is 6.54 Å². The predicted molar refractivity (Wildman–Crippen MR) is 108 cm³/mol. The van der Waals surface area contributed by atoms with Gasteiger partial charge >= 0.3 is 0 Å². The summed E-state index contributed by atoms with van der Waals surface area (Å²) in [6, 6.07) is 6.76. The first-order valence-corrected chi connectivity index (χ1v) is 9.71. The van der Waals surface area contributed by atoms with E-state index in [1.54, 1.807) is 0 Å². The Balaban J connectivity index is 1.63. The second-order valence-corrected chi connectivity index (χ2v) is 8.04. The Hall–Kier alpha value is -2.42. The summed E-state index contributed by atoms with van der Waals surface area (Å²) >= 11 is 0. The van der Waals surface area contributed by atoms with Crippen LogP contribution in [0.2, 0.25) is 0 Å². The largest absolute Gasteiger partial charge is 0.324 e. The zero-order chi connectivity index (χ0) is 17.8. The fourth-order valence-corrected chi connectivity index (χ4v) is 4.13. The van der Waals surface area contributed by atoms with Crippen LogP contribution in [0.15, 0.2) is 34.8 Å². The van der Waals surface area contributed by atoms with Crippen molar-refractivity contribution in [2.24, 2.45) is 15.9 Å². The molecule has 5 rings (SSSR count). The van der Waals surface area contributed by atoms with Gasteiger partial charge in [-0.15, -0.1) is 0 Å². The summed E-state index contributed by atoms with van der Waals surface area (Å²) in [6.45, 7) is 10.4. The lowest BCUT2D eigenvalue weighted by molar-refractivity contribution is 0.596. The molecule has 2 aromatic rings. The van der Waals surface area contributed by atoms with E-state index in [4.69, 9.17) is 9.98 Å². The standard InChI is InChI=1S/C23H25N3/c1-14(2)18-9-15(3)19-12-21(25-20(19)10-18)22-11-17-5-4-8-24-23(17)26(22)13-16-6-7-16/h5,9-11,16H,1,4,6-8,12-13H2,2-3H3. The van der Waals surface area contributed by atoms with E-state index in [-0.39, 0.29) is 0 Å². The third-order valence-electron chi connectivity index (χ3n) is 5.83. The monoisotopic (exact) mass is 343 g/mol. The lowest BCUT2D eigenvalue weighted by Gasteiger charge is -2.09. The SMILES string of the molecule is C=C(C)c1cc(C)c2c(c1)N=C(c1cc3c(n1CC1CC1)=NCCC=3)C2. The molecule has 1 saturated carbocycles. The molecule has 1 aliphatic carbocycles. The highest BCUT2D eigenvalue weighted by Crippen LogP contribution is 2.35. The van der Waals surface area contributed by atoms with Crippen LogP contribution in [0, 0.1) is 12.8 Å². The molecule has 0 spiro atoms. The molecule has 1 aromatic heterocycles. The van der Waals surface area contributed by atoms with Crippen LogP contribution in [0.4, 0.5) is 5.69 Å². The van der Waals surface area contributed by atoms with Crippen LogP contribution >= 0.6 is 0 Å². The molecular formula is C23H25N3. The minimum absolute atomic E-state index is 0.823. The van der Waals surface area contributed by atoms with E-state index in [0.717, 1.165) is 43.1 Å². The summed E-state index contributed by atoms with van der Waals surface area (Å²) in [6.07, 6.45) is 7.01. The van der Waals surface area contributed by atoms with Gasteiger partial charge in [-0.1, -0.05) is 24.3 Å². The molecule has 26 heavy (non-hydrogen) atoms. The minimum Gasteiger partial charge on any atom is -0.324 e. The van der Waals surface area contributed by atoms with Crippen LogP contribution in [-0.2, 0) is 13.0 Å². The predicted octanol–water partition coefficient (Wildman–Crippen LogP) is 3.72. The Morgan fingerprint density at radius 2 is 2.12 bits per heavy atom. The van der Waals surface area contributed by atoms with Gasteiger partial charge in [0.15, 0.2) is 0 Å². The number of benzene rings is 1. The Labute approximate surface area is 154 Å². The maximum absolute atomic E-state index is 5.06. The van der Waals surface area contributed by atoms with Gasteiger partial charge in [0.2, 0.25) is 0 Å². The summed E-state index contributed by atoms with van der Waals surface area (Å²) in [7, 11) is 0. The zero-order valence-electron chi connectivity index (χ0n) is 15.7. The van der Waals surface area contributed by atoms with E-state index in [9.17, 15) is 0 Å². The molecule has 0 unspecified atom stereocenters.